The summed E-state index contributed by atoms with van der Waals surface area (Å²) in [5, 5.41) is 18.0. The summed E-state index contributed by atoms with van der Waals surface area (Å²) in [6.45, 7) is 7.79. The summed E-state index contributed by atoms with van der Waals surface area (Å²) in [6, 6.07) is 0.309. The number of likely N-dealkylation sites (N-methyl/N-ethyl adjacent to an activating group) is 1. The van der Waals surface area contributed by atoms with E-state index in [4.69, 9.17) is 0 Å². The number of hydrogen-bond donors (Lipinski definition) is 1. The van der Waals surface area contributed by atoms with Crippen LogP contribution in [0.1, 0.15) is 52.6 Å². The Bertz CT molecular complexity index is 767. The number of nitrogens with zero attached hydrogens (tertiary/aromatic N) is 5. The number of fused-ring (bicyclic) bond motifs is 1. The Balaban J connectivity index is 1.81. The Morgan fingerprint density at radius 1 is 1.48 bits per heavy atom. The molecule has 25 heavy (non-hydrogen) atoms. The van der Waals surface area contributed by atoms with Gasteiger partial charge in [0, 0.05) is 30.4 Å². The molecule has 0 saturated heterocycles. The van der Waals surface area contributed by atoms with Crippen LogP contribution in [-0.4, -0.2) is 48.4 Å². The molecule has 0 amide bonds. The second kappa shape index (κ2) is 7.21. The van der Waals surface area contributed by atoms with Gasteiger partial charge >= 0.3 is 5.97 Å². The first kappa shape index (κ1) is 18.0. The lowest BCUT2D eigenvalue weighted by Crippen LogP contribution is -2.36. The van der Waals surface area contributed by atoms with Crippen LogP contribution in [0.3, 0.4) is 0 Å². The van der Waals surface area contributed by atoms with Crippen molar-refractivity contribution in [3.63, 3.8) is 0 Å². The van der Waals surface area contributed by atoms with Gasteiger partial charge in [-0.1, -0.05) is 18.3 Å². The number of carboxylic acid groups (broad SMARTS) is 1. The van der Waals surface area contributed by atoms with E-state index in [1.807, 2.05) is 11.6 Å². The molecule has 0 aromatic carbocycles. The van der Waals surface area contributed by atoms with Crippen LogP contribution in [0.25, 0.3) is 0 Å². The number of carbonyl (C=O) groups is 1. The first-order chi connectivity index (χ1) is 11.9. The van der Waals surface area contributed by atoms with Gasteiger partial charge in [0.2, 0.25) is 0 Å². The lowest BCUT2D eigenvalue weighted by Gasteiger charge is -2.31. The third kappa shape index (κ3) is 3.74. The molecule has 2 aromatic rings. The van der Waals surface area contributed by atoms with E-state index in [2.05, 4.69) is 40.5 Å². The molecule has 0 unspecified atom stereocenters. The number of aryl methyl sites for hydroxylation is 1. The molecule has 3 rings (SSSR count). The monoisotopic (exact) mass is 363 g/mol. The highest BCUT2D eigenvalue weighted by molar-refractivity contribution is 7.05. The van der Waals surface area contributed by atoms with Gasteiger partial charge in [-0.2, -0.15) is 5.10 Å². The molecule has 0 aliphatic heterocycles. The Labute approximate surface area is 151 Å². The number of carboxylic acids is 1. The zero-order valence-electron chi connectivity index (χ0n) is 15.2. The summed E-state index contributed by atoms with van der Waals surface area (Å²) in [5.74, 6) is -0.489. The molecule has 0 bridgehead atoms. The Kier molecular flexibility index (Phi) is 5.19. The normalized spacial score (nSPS) is 17.3. The zero-order chi connectivity index (χ0) is 18.1. The SMILES string of the molecule is Cc1nnsc1CN(C)[C@@H]1CCc2c(c(C(=O)O)nn2CC(C)C)C1. The van der Waals surface area contributed by atoms with E-state index in [0.717, 1.165) is 49.3 Å². The molecule has 1 atom stereocenters. The van der Waals surface area contributed by atoms with E-state index < -0.39 is 5.97 Å². The van der Waals surface area contributed by atoms with Crippen molar-refractivity contribution in [3.8, 4) is 0 Å². The van der Waals surface area contributed by atoms with Crippen LogP contribution in [0.4, 0.5) is 0 Å². The van der Waals surface area contributed by atoms with Gasteiger partial charge < -0.3 is 5.11 Å². The summed E-state index contributed by atoms with van der Waals surface area (Å²) in [7, 11) is 2.09. The van der Waals surface area contributed by atoms with Crippen LogP contribution in [0.15, 0.2) is 0 Å². The second-order valence-corrected chi connectivity index (χ2v) is 8.09. The van der Waals surface area contributed by atoms with Crippen molar-refractivity contribution in [1.82, 2.24) is 24.3 Å². The smallest absolute Gasteiger partial charge is 0.356 e. The molecule has 0 spiro atoms. The van der Waals surface area contributed by atoms with E-state index in [9.17, 15) is 9.90 Å². The van der Waals surface area contributed by atoms with Crippen LogP contribution in [0.5, 0.6) is 0 Å². The molecule has 7 nitrogen and oxygen atoms in total. The van der Waals surface area contributed by atoms with Crippen molar-refractivity contribution in [2.75, 3.05) is 7.05 Å². The van der Waals surface area contributed by atoms with Gasteiger partial charge in [-0.3, -0.25) is 9.58 Å². The number of aromatic nitrogens is 4. The van der Waals surface area contributed by atoms with Gasteiger partial charge in [0.15, 0.2) is 5.69 Å². The van der Waals surface area contributed by atoms with Gasteiger partial charge in [-0.25, -0.2) is 4.79 Å². The fourth-order valence-corrected chi connectivity index (χ4v) is 4.16. The summed E-state index contributed by atoms with van der Waals surface area (Å²) in [4.78, 5) is 15.1. The van der Waals surface area contributed by atoms with E-state index >= 15 is 0 Å². The lowest BCUT2D eigenvalue weighted by molar-refractivity contribution is 0.0687. The van der Waals surface area contributed by atoms with Crippen LogP contribution in [-0.2, 0) is 25.9 Å². The van der Waals surface area contributed by atoms with Gasteiger partial charge in [-0.15, -0.1) is 5.10 Å². The molecular weight excluding hydrogens is 338 g/mol. The minimum Gasteiger partial charge on any atom is -0.476 e. The van der Waals surface area contributed by atoms with Crippen molar-refractivity contribution >= 4 is 17.5 Å². The Morgan fingerprint density at radius 2 is 2.24 bits per heavy atom. The maximum atomic E-state index is 11.6. The van der Waals surface area contributed by atoms with Gasteiger partial charge in [-0.05, 0) is 50.7 Å². The molecule has 1 aliphatic carbocycles. The summed E-state index contributed by atoms with van der Waals surface area (Å²) < 4.78 is 5.91. The number of rotatable bonds is 6. The van der Waals surface area contributed by atoms with Crippen molar-refractivity contribution in [2.45, 2.75) is 59.2 Å². The molecular formula is C17H25N5O2S. The first-order valence-corrected chi connectivity index (χ1v) is 9.44. The number of aromatic carboxylic acids is 1. The van der Waals surface area contributed by atoms with Gasteiger partial charge in [0.1, 0.15) is 0 Å². The van der Waals surface area contributed by atoms with Crippen molar-refractivity contribution < 1.29 is 9.90 Å². The van der Waals surface area contributed by atoms with E-state index in [0.29, 0.717) is 12.0 Å². The quantitative estimate of drug-likeness (QED) is 0.848. The fraction of sp³-hybridized carbons (Fsp3) is 0.647. The lowest BCUT2D eigenvalue weighted by atomic mass is 9.90. The summed E-state index contributed by atoms with van der Waals surface area (Å²) in [5.41, 5.74) is 3.22. The first-order valence-electron chi connectivity index (χ1n) is 8.66. The third-order valence-corrected chi connectivity index (χ3v) is 5.63. The van der Waals surface area contributed by atoms with Crippen LogP contribution in [0.2, 0.25) is 0 Å². The van der Waals surface area contributed by atoms with E-state index in [1.165, 1.54) is 16.4 Å². The highest BCUT2D eigenvalue weighted by atomic mass is 32.1. The molecule has 2 heterocycles. The standard InChI is InChI=1S/C17H25N5O2S/c1-10(2)8-22-14-6-5-12(7-13(14)16(19-22)17(23)24)21(4)9-15-11(3)18-20-25-15/h10,12H,5-9H2,1-4H3,(H,23,24)/t12-/m1/s1. The molecule has 0 radical (unpaired) electrons. The molecule has 2 aromatic heterocycles. The minimum atomic E-state index is -0.926. The molecule has 136 valence electrons. The molecule has 8 heteroatoms. The van der Waals surface area contributed by atoms with Crippen LogP contribution >= 0.6 is 11.5 Å². The van der Waals surface area contributed by atoms with Crippen molar-refractivity contribution in [3.05, 3.63) is 27.5 Å². The zero-order valence-corrected chi connectivity index (χ0v) is 16.0. The van der Waals surface area contributed by atoms with E-state index in [1.54, 1.807) is 0 Å². The maximum Gasteiger partial charge on any atom is 0.356 e. The second-order valence-electron chi connectivity index (χ2n) is 7.25. The number of hydrogen-bond acceptors (Lipinski definition) is 6. The predicted octanol–water partition coefficient (Wildman–Crippen LogP) is 2.39. The Morgan fingerprint density at radius 3 is 2.84 bits per heavy atom. The van der Waals surface area contributed by atoms with Gasteiger partial charge in [0.05, 0.1) is 10.6 Å². The van der Waals surface area contributed by atoms with Crippen molar-refractivity contribution in [1.29, 1.82) is 0 Å². The minimum absolute atomic E-state index is 0.226. The Hall–Kier alpha value is -1.80. The van der Waals surface area contributed by atoms with Crippen LogP contribution < -0.4 is 0 Å². The van der Waals surface area contributed by atoms with Crippen molar-refractivity contribution in [2.24, 2.45) is 5.92 Å². The average molecular weight is 363 g/mol. The largest absolute Gasteiger partial charge is 0.476 e. The molecule has 0 fully saturated rings. The highest BCUT2D eigenvalue weighted by Crippen LogP contribution is 2.29. The predicted molar refractivity (Wildman–Crippen MR) is 96.0 cm³/mol. The average Bonchev–Trinajstić information content (AvgIpc) is 3.11. The molecule has 1 aliphatic rings. The van der Waals surface area contributed by atoms with Crippen LogP contribution in [0, 0.1) is 12.8 Å². The fourth-order valence-electron chi connectivity index (χ4n) is 3.47. The van der Waals surface area contributed by atoms with E-state index in [-0.39, 0.29) is 5.69 Å². The third-order valence-electron chi connectivity index (χ3n) is 4.82. The molecule has 1 N–H and O–H groups in total. The summed E-state index contributed by atoms with van der Waals surface area (Å²) >= 11 is 1.43. The summed E-state index contributed by atoms with van der Waals surface area (Å²) in [6.07, 6.45) is 2.62. The molecule has 0 saturated carbocycles. The van der Waals surface area contributed by atoms with Gasteiger partial charge in [0.25, 0.3) is 0 Å². The topological polar surface area (TPSA) is 84.1 Å². The highest BCUT2D eigenvalue weighted by Gasteiger charge is 2.31. The maximum absolute atomic E-state index is 11.6.